The minimum atomic E-state index is -0.116. The molecule has 1 aromatic heterocycles. The molecule has 156 valence electrons. The number of hydrogen-bond acceptors (Lipinski definition) is 4. The lowest BCUT2D eigenvalue weighted by Gasteiger charge is -2.14. The number of carbonyl (C=O) groups excluding carboxylic acids is 2. The van der Waals surface area contributed by atoms with E-state index >= 15 is 0 Å². The molecular formula is C23H26N4O2S. The maximum Gasteiger partial charge on any atom is 0.251 e. The summed E-state index contributed by atoms with van der Waals surface area (Å²) in [7, 11) is 1.89. The second-order valence-corrected chi connectivity index (χ2v) is 8.08. The first-order chi connectivity index (χ1) is 14.5. The molecule has 0 fully saturated rings. The van der Waals surface area contributed by atoms with Gasteiger partial charge in [-0.25, -0.2) is 4.98 Å². The molecule has 0 saturated heterocycles. The minimum absolute atomic E-state index is 0.0697. The standard InChI is InChI=1S/C23H26N4O2S/c1-17(8-9-18-6-4-3-5-7-18)25-22(29)19-10-12-20(13-11-19)26-21(28)16-30-23-24-14-15-27(23)2/h3-7,10-15,17H,8-9,16H2,1-2H3,(H,25,29)(H,26,28). The molecule has 2 aromatic carbocycles. The van der Waals surface area contributed by atoms with Gasteiger partial charge in [-0.1, -0.05) is 42.1 Å². The lowest BCUT2D eigenvalue weighted by atomic mass is 10.1. The highest BCUT2D eigenvalue weighted by Crippen LogP contribution is 2.16. The van der Waals surface area contributed by atoms with Crippen molar-refractivity contribution in [2.45, 2.75) is 31.0 Å². The number of thioether (sulfide) groups is 1. The quantitative estimate of drug-likeness (QED) is 0.513. The van der Waals surface area contributed by atoms with Crippen molar-refractivity contribution in [1.29, 1.82) is 0 Å². The zero-order chi connectivity index (χ0) is 21.3. The predicted molar refractivity (Wildman–Crippen MR) is 121 cm³/mol. The zero-order valence-corrected chi connectivity index (χ0v) is 18.0. The van der Waals surface area contributed by atoms with Crippen LogP contribution in [0, 0.1) is 0 Å². The van der Waals surface area contributed by atoms with Crippen molar-refractivity contribution in [2.24, 2.45) is 7.05 Å². The number of anilines is 1. The van der Waals surface area contributed by atoms with Gasteiger partial charge in [-0.15, -0.1) is 0 Å². The molecule has 1 heterocycles. The first-order valence-corrected chi connectivity index (χ1v) is 10.8. The van der Waals surface area contributed by atoms with E-state index in [1.807, 2.05) is 42.9 Å². The Bertz CT molecular complexity index is 970. The van der Waals surface area contributed by atoms with E-state index in [1.165, 1.54) is 17.3 Å². The first kappa shape index (κ1) is 21.6. The fourth-order valence-electron chi connectivity index (χ4n) is 2.93. The highest BCUT2D eigenvalue weighted by Gasteiger charge is 2.11. The second kappa shape index (κ2) is 10.6. The number of nitrogens with one attached hydrogen (secondary N) is 2. The van der Waals surface area contributed by atoms with E-state index in [2.05, 4.69) is 27.8 Å². The van der Waals surface area contributed by atoms with Crippen LogP contribution in [0.5, 0.6) is 0 Å². The Balaban J connectivity index is 1.44. The number of nitrogens with zero attached hydrogens (tertiary/aromatic N) is 2. The molecule has 30 heavy (non-hydrogen) atoms. The lowest BCUT2D eigenvalue weighted by Crippen LogP contribution is -2.32. The zero-order valence-electron chi connectivity index (χ0n) is 17.2. The fraction of sp³-hybridized carbons (Fsp3) is 0.261. The average Bonchev–Trinajstić information content (AvgIpc) is 3.17. The molecule has 0 aliphatic carbocycles. The van der Waals surface area contributed by atoms with E-state index in [1.54, 1.807) is 30.5 Å². The minimum Gasteiger partial charge on any atom is -0.350 e. The van der Waals surface area contributed by atoms with Gasteiger partial charge in [0.2, 0.25) is 5.91 Å². The van der Waals surface area contributed by atoms with Crippen LogP contribution in [0.2, 0.25) is 0 Å². The molecule has 0 radical (unpaired) electrons. The van der Waals surface area contributed by atoms with E-state index in [0.29, 0.717) is 11.3 Å². The number of hydrogen-bond donors (Lipinski definition) is 2. The van der Waals surface area contributed by atoms with Crippen LogP contribution >= 0.6 is 11.8 Å². The van der Waals surface area contributed by atoms with E-state index in [9.17, 15) is 9.59 Å². The molecule has 0 spiro atoms. The predicted octanol–water partition coefficient (Wildman–Crippen LogP) is 3.90. The monoisotopic (exact) mass is 422 g/mol. The average molecular weight is 423 g/mol. The summed E-state index contributed by atoms with van der Waals surface area (Å²) in [5, 5.41) is 6.66. The SMILES string of the molecule is CC(CCc1ccccc1)NC(=O)c1ccc(NC(=O)CSc2nccn2C)cc1. The van der Waals surface area contributed by atoms with Crippen LogP contribution in [0.4, 0.5) is 5.69 Å². The number of aromatic nitrogens is 2. The molecular weight excluding hydrogens is 396 g/mol. The number of benzene rings is 2. The molecule has 0 bridgehead atoms. The Morgan fingerprint density at radius 3 is 2.50 bits per heavy atom. The van der Waals surface area contributed by atoms with E-state index in [-0.39, 0.29) is 23.6 Å². The Morgan fingerprint density at radius 2 is 1.83 bits per heavy atom. The van der Waals surface area contributed by atoms with Crippen molar-refractivity contribution < 1.29 is 9.59 Å². The highest BCUT2D eigenvalue weighted by molar-refractivity contribution is 7.99. The summed E-state index contributed by atoms with van der Waals surface area (Å²) in [6, 6.07) is 17.2. The van der Waals surface area contributed by atoms with Gasteiger partial charge in [0.1, 0.15) is 0 Å². The fourth-order valence-corrected chi connectivity index (χ4v) is 3.66. The number of amides is 2. The smallest absolute Gasteiger partial charge is 0.251 e. The van der Waals surface area contributed by atoms with Crippen molar-refractivity contribution >= 4 is 29.3 Å². The van der Waals surface area contributed by atoms with Crippen molar-refractivity contribution in [1.82, 2.24) is 14.9 Å². The molecule has 3 rings (SSSR count). The maximum atomic E-state index is 12.5. The van der Waals surface area contributed by atoms with Gasteiger partial charge >= 0.3 is 0 Å². The number of imidazole rings is 1. The number of aryl methyl sites for hydroxylation is 2. The Morgan fingerprint density at radius 1 is 1.10 bits per heavy atom. The van der Waals surface area contributed by atoms with Crippen LogP contribution in [-0.4, -0.2) is 33.2 Å². The molecule has 3 aromatic rings. The van der Waals surface area contributed by atoms with Gasteiger partial charge in [0.25, 0.3) is 5.91 Å². The summed E-state index contributed by atoms with van der Waals surface area (Å²) < 4.78 is 1.87. The summed E-state index contributed by atoms with van der Waals surface area (Å²) in [4.78, 5) is 28.8. The molecule has 0 saturated carbocycles. The third kappa shape index (κ3) is 6.49. The normalized spacial score (nSPS) is 11.7. The van der Waals surface area contributed by atoms with E-state index in [4.69, 9.17) is 0 Å². The molecule has 2 amide bonds. The van der Waals surface area contributed by atoms with Gasteiger partial charge in [-0.3, -0.25) is 9.59 Å². The third-order valence-electron chi connectivity index (χ3n) is 4.63. The summed E-state index contributed by atoms with van der Waals surface area (Å²) >= 11 is 1.37. The molecule has 0 aliphatic rings. The molecule has 1 unspecified atom stereocenters. The van der Waals surface area contributed by atoms with Crippen molar-refractivity contribution in [3.05, 3.63) is 78.1 Å². The summed E-state index contributed by atoms with van der Waals surface area (Å²) in [6.45, 7) is 2.01. The van der Waals surface area contributed by atoms with Gasteiger partial charge in [0.05, 0.1) is 5.75 Å². The Labute approximate surface area is 181 Å². The molecule has 0 aliphatic heterocycles. The molecule has 1 atom stereocenters. The second-order valence-electron chi connectivity index (χ2n) is 7.13. The van der Waals surface area contributed by atoms with Crippen LogP contribution in [0.3, 0.4) is 0 Å². The molecule has 2 N–H and O–H groups in total. The molecule has 6 nitrogen and oxygen atoms in total. The lowest BCUT2D eigenvalue weighted by molar-refractivity contribution is -0.113. The maximum absolute atomic E-state index is 12.5. The van der Waals surface area contributed by atoms with Crippen molar-refractivity contribution in [3.63, 3.8) is 0 Å². The van der Waals surface area contributed by atoms with Crippen LogP contribution in [0.1, 0.15) is 29.3 Å². The molecule has 7 heteroatoms. The van der Waals surface area contributed by atoms with Crippen LogP contribution < -0.4 is 10.6 Å². The van der Waals surface area contributed by atoms with Gasteiger partial charge in [-0.2, -0.15) is 0 Å². The Kier molecular flexibility index (Phi) is 7.68. The van der Waals surface area contributed by atoms with Gasteiger partial charge in [0, 0.05) is 36.7 Å². The highest BCUT2D eigenvalue weighted by atomic mass is 32.2. The van der Waals surface area contributed by atoms with Crippen LogP contribution in [0.15, 0.2) is 72.1 Å². The van der Waals surface area contributed by atoms with Gasteiger partial charge in [-0.05, 0) is 49.6 Å². The number of carbonyl (C=O) groups is 2. The summed E-state index contributed by atoms with van der Waals surface area (Å²) in [6.07, 6.45) is 5.33. The Hall–Kier alpha value is -3.06. The van der Waals surface area contributed by atoms with Crippen molar-refractivity contribution in [3.8, 4) is 0 Å². The largest absolute Gasteiger partial charge is 0.350 e. The third-order valence-corrected chi connectivity index (χ3v) is 5.68. The number of rotatable bonds is 9. The van der Waals surface area contributed by atoms with Crippen LogP contribution in [-0.2, 0) is 18.3 Å². The van der Waals surface area contributed by atoms with Gasteiger partial charge < -0.3 is 15.2 Å². The van der Waals surface area contributed by atoms with E-state index in [0.717, 1.165) is 18.0 Å². The van der Waals surface area contributed by atoms with E-state index < -0.39 is 0 Å². The van der Waals surface area contributed by atoms with Crippen molar-refractivity contribution in [2.75, 3.05) is 11.1 Å². The van der Waals surface area contributed by atoms with Crippen LogP contribution in [0.25, 0.3) is 0 Å². The topological polar surface area (TPSA) is 76.0 Å². The first-order valence-electron chi connectivity index (χ1n) is 9.86. The summed E-state index contributed by atoms with van der Waals surface area (Å²) in [5.41, 5.74) is 2.50. The van der Waals surface area contributed by atoms with Gasteiger partial charge in [0.15, 0.2) is 5.16 Å². The summed E-state index contributed by atoms with van der Waals surface area (Å²) in [5.74, 6) is 0.0416.